The summed E-state index contributed by atoms with van der Waals surface area (Å²) in [5.41, 5.74) is 1.24. The summed E-state index contributed by atoms with van der Waals surface area (Å²) in [6.07, 6.45) is 8.39. The maximum atomic E-state index is 13.2. The summed E-state index contributed by atoms with van der Waals surface area (Å²) < 4.78 is 13.0. The first-order valence-corrected chi connectivity index (χ1v) is 12.2. The highest BCUT2D eigenvalue weighted by molar-refractivity contribution is 5.78. The van der Waals surface area contributed by atoms with Crippen LogP contribution >= 0.6 is 0 Å². The number of aliphatic hydroxyl groups excluding tert-OH is 1. The van der Waals surface area contributed by atoms with E-state index in [1.54, 1.807) is 6.20 Å². The fourth-order valence-corrected chi connectivity index (χ4v) is 4.85. The molecule has 2 aliphatic rings. The minimum Gasteiger partial charge on any atom is -0.454 e. The van der Waals surface area contributed by atoms with Gasteiger partial charge in [-0.1, -0.05) is 19.4 Å². The number of nitrogens with zero attached hydrogens (tertiary/aromatic N) is 4. The van der Waals surface area contributed by atoms with Crippen molar-refractivity contribution < 1.29 is 19.4 Å². The Morgan fingerprint density at radius 2 is 2.09 bits per heavy atom. The van der Waals surface area contributed by atoms with Crippen LogP contribution in [0, 0.1) is 0 Å². The van der Waals surface area contributed by atoms with E-state index < -0.39 is 0 Å². The summed E-state index contributed by atoms with van der Waals surface area (Å²) >= 11 is 0. The van der Waals surface area contributed by atoms with Gasteiger partial charge in [-0.05, 0) is 55.4 Å². The first kappa shape index (κ1) is 23.6. The standard InChI is InChI=1S/C25H36N4O4/c1-2-3-10-27(11-5-14-30)25(31)18-28-17-21(15-22(28)8-13-29-12-4-9-26-29)20-6-7-23-24(16-20)33-19-32-23/h4,6-7,9,12,16,21-22,30H,2-3,5,8,10-11,13-15,17-19H2,1H3/t21-,22+/m1/s1. The second-order valence-electron chi connectivity index (χ2n) is 9.00. The Hall–Kier alpha value is -2.58. The van der Waals surface area contributed by atoms with Crippen LogP contribution in [0.2, 0.25) is 0 Å². The second-order valence-corrected chi connectivity index (χ2v) is 9.00. The number of aliphatic hydroxyl groups is 1. The van der Waals surface area contributed by atoms with Gasteiger partial charge in [0.05, 0.1) is 6.54 Å². The van der Waals surface area contributed by atoms with Gasteiger partial charge in [-0.2, -0.15) is 5.10 Å². The molecular formula is C25H36N4O4. The van der Waals surface area contributed by atoms with E-state index in [1.165, 1.54) is 5.56 Å². The summed E-state index contributed by atoms with van der Waals surface area (Å²) in [4.78, 5) is 17.5. The van der Waals surface area contributed by atoms with Crippen molar-refractivity contribution >= 4 is 5.91 Å². The molecule has 0 radical (unpaired) electrons. The fourth-order valence-electron chi connectivity index (χ4n) is 4.85. The van der Waals surface area contributed by atoms with Gasteiger partial charge in [0.15, 0.2) is 11.5 Å². The molecule has 1 aromatic carbocycles. The Labute approximate surface area is 196 Å². The summed E-state index contributed by atoms with van der Waals surface area (Å²) in [7, 11) is 0. The Kier molecular flexibility index (Phi) is 8.23. The van der Waals surface area contributed by atoms with Crippen molar-refractivity contribution in [3.8, 4) is 11.5 Å². The Bertz CT molecular complexity index is 881. The summed E-state index contributed by atoms with van der Waals surface area (Å²) in [5.74, 6) is 2.11. The van der Waals surface area contributed by atoms with Crippen molar-refractivity contribution in [2.24, 2.45) is 0 Å². The maximum Gasteiger partial charge on any atom is 0.236 e. The SMILES string of the molecule is CCCCN(CCCO)C(=O)CN1C[C@H](c2ccc3c(c2)OCO3)C[C@@H]1CCn1cccn1. The van der Waals surface area contributed by atoms with E-state index in [0.717, 1.165) is 56.8 Å². The van der Waals surface area contributed by atoms with Crippen LogP contribution in [0.15, 0.2) is 36.7 Å². The molecule has 0 unspecified atom stereocenters. The van der Waals surface area contributed by atoms with E-state index in [0.29, 0.717) is 31.5 Å². The third kappa shape index (κ3) is 6.06. The molecule has 1 aromatic heterocycles. The molecule has 180 valence electrons. The minimum absolute atomic E-state index is 0.109. The lowest BCUT2D eigenvalue weighted by Crippen LogP contribution is -2.43. The third-order valence-electron chi connectivity index (χ3n) is 6.71. The van der Waals surface area contributed by atoms with Gasteiger partial charge in [-0.15, -0.1) is 0 Å². The average molecular weight is 457 g/mol. The number of aryl methyl sites for hydroxylation is 1. The van der Waals surface area contributed by atoms with Crippen molar-refractivity contribution in [3.05, 3.63) is 42.2 Å². The molecule has 0 aliphatic carbocycles. The number of carbonyl (C=O) groups excluding carboxylic acids is 1. The molecule has 1 amide bonds. The largest absolute Gasteiger partial charge is 0.454 e. The van der Waals surface area contributed by atoms with Gasteiger partial charge in [-0.25, -0.2) is 0 Å². The molecule has 33 heavy (non-hydrogen) atoms. The number of amides is 1. The van der Waals surface area contributed by atoms with E-state index in [1.807, 2.05) is 27.9 Å². The first-order valence-electron chi connectivity index (χ1n) is 12.2. The van der Waals surface area contributed by atoms with Crippen LogP contribution in [-0.4, -0.2) is 76.2 Å². The van der Waals surface area contributed by atoms with Gasteiger partial charge in [-0.3, -0.25) is 14.4 Å². The number of likely N-dealkylation sites (tertiary alicyclic amines) is 1. The van der Waals surface area contributed by atoms with E-state index in [2.05, 4.69) is 29.1 Å². The molecule has 1 fully saturated rings. The van der Waals surface area contributed by atoms with E-state index in [9.17, 15) is 9.90 Å². The Balaban J connectivity index is 1.45. The molecule has 0 bridgehead atoms. The normalized spacial score (nSPS) is 19.8. The predicted octanol–water partition coefficient (Wildman–Crippen LogP) is 2.87. The number of carbonyl (C=O) groups is 1. The fraction of sp³-hybridized carbons (Fsp3) is 0.600. The lowest BCUT2D eigenvalue weighted by Gasteiger charge is -2.28. The van der Waals surface area contributed by atoms with Gasteiger partial charge in [0.1, 0.15) is 0 Å². The molecule has 8 nitrogen and oxygen atoms in total. The topological polar surface area (TPSA) is 80.1 Å². The number of hydrogen-bond acceptors (Lipinski definition) is 6. The number of ether oxygens (including phenoxy) is 2. The minimum atomic E-state index is 0.109. The Morgan fingerprint density at radius 3 is 2.88 bits per heavy atom. The molecule has 2 atom stereocenters. The average Bonchev–Trinajstić information content (AvgIpc) is 3.58. The molecule has 0 spiro atoms. The van der Waals surface area contributed by atoms with Crippen molar-refractivity contribution in [3.63, 3.8) is 0 Å². The summed E-state index contributed by atoms with van der Waals surface area (Å²) in [6, 6.07) is 8.46. The predicted molar refractivity (Wildman–Crippen MR) is 125 cm³/mol. The lowest BCUT2D eigenvalue weighted by molar-refractivity contribution is -0.133. The Morgan fingerprint density at radius 1 is 1.24 bits per heavy atom. The highest BCUT2D eigenvalue weighted by Crippen LogP contribution is 2.39. The number of hydrogen-bond donors (Lipinski definition) is 1. The van der Waals surface area contributed by atoms with Gasteiger partial charge in [0.25, 0.3) is 0 Å². The van der Waals surface area contributed by atoms with Gasteiger partial charge < -0.3 is 19.5 Å². The second kappa shape index (κ2) is 11.5. The summed E-state index contributed by atoms with van der Waals surface area (Å²) in [5, 5.41) is 13.6. The van der Waals surface area contributed by atoms with Crippen LogP contribution in [0.4, 0.5) is 0 Å². The van der Waals surface area contributed by atoms with Gasteiger partial charge in [0.2, 0.25) is 12.7 Å². The third-order valence-corrected chi connectivity index (χ3v) is 6.71. The smallest absolute Gasteiger partial charge is 0.236 e. The monoisotopic (exact) mass is 456 g/mol. The molecular weight excluding hydrogens is 420 g/mol. The highest BCUT2D eigenvalue weighted by atomic mass is 16.7. The van der Waals surface area contributed by atoms with Crippen molar-refractivity contribution in [2.75, 3.05) is 39.6 Å². The lowest BCUT2D eigenvalue weighted by atomic mass is 9.95. The first-order chi connectivity index (χ1) is 16.2. The van der Waals surface area contributed by atoms with Crippen molar-refractivity contribution in [1.29, 1.82) is 0 Å². The number of aromatic nitrogens is 2. The summed E-state index contributed by atoms with van der Waals surface area (Å²) in [6.45, 7) is 5.99. The quantitative estimate of drug-likeness (QED) is 0.529. The molecule has 8 heteroatoms. The molecule has 4 rings (SSSR count). The van der Waals surface area contributed by atoms with Crippen LogP contribution < -0.4 is 9.47 Å². The van der Waals surface area contributed by atoms with E-state index in [4.69, 9.17) is 9.47 Å². The number of benzene rings is 1. The van der Waals surface area contributed by atoms with Crippen LogP contribution in [-0.2, 0) is 11.3 Å². The van der Waals surface area contributed by atoms with Crippen molar-refractivity contribution in [1.82, 2.24) is 19.6 Å². The number of fused-ring (bicyclic) bond motifs is 1. The number of unbranched alkanes of at least 4 members (excludes halogenated alkanes) is 1. The van der Waals surface area contributed by atoms with Crippen LogP contribution in [0.5, 0.6) is 11.5 Å². The van der Waals surface area contributed by atoms with Gasteiger partial charge in [0, 0.05) is 51.2 Å². The zero-order valence-electron chi connectivity index (χ0n) is 19.6. The highest BCUT2D eigenvalue weighted by Gasteiger charge is 2.35. The van der Waals surface area contributed by atoms with Crippen LogP contribution in [0.1, 0.15) is 50.5 Å². The molecule has 2 aromatic rings. The maximum absolute atomic E-state index is 13.2. The molecule has 1 saturated heterocycles. The molecule has 2 aliphatic heterocycles. The zero-order chi connectivity index (χ0) is 23.0. The van der Waals surface area contributed by atoms with Crippen molar-refractivity contribution in [2.45, 2.75) is 57.5 Å². The van der Waals surface area contributed by atoms with Gasteiger partial charge >= 0.3 is 0 Å². The molecule has 1 N–H and O–H groups in total. The van der Waals surface area contributed by atoms with Crippen LogP contribution in [0.3, 0.4) is 0 Å². The number of rotatable bonds is 12. The molecule has 0 saturated carbocycles. The van der Waals surface area contributed by atoms with Crippen LogP contribution in [0.25, 0.3) is 0 Å². The van der Waals surface area contributed by atoms with E-state index in [-0.39, 0.29) is 19.3 Å². The molecule has 3 heterocycles. The van der Waals surface area contributed by atoms with E-state index >= 15 is 0 Å². The zero-order valence-corrected chi connectivity index (χ0v) is 19.6.